The van der Waals surface area contributed by atoms with Crippen LogP contribution in [0.4, 0.5) is 0 Å². The second-order valence-electron chi connectivity index (χ2n) is 7.18. The standard InChI is InChI=1S/C21H23ClN6OS/c1-16-5-6-18(12-19(16)22)28-15-24-25-21(28)30-14-20(29)27-10-8-26(9-11-27)13-17-4-2-3-7-23-17/h2-7,12,15H,8-11,13-14H2,1H3. The molecule has 0 spiro atoms. The molecular formula is C21H23ClN6OS. The van der Waals surface area contributed by atoms with E-state index in [1.165, 1.54) is 11.8 Å². The fourth-order valence-electron chi connectivity index (χ4n) is 3.33. The Bertz CT molecular complexity index is 1000. The number of piperazine rings is 1. The summed E-state index contributed by atoms with van der Waals surface area (Å²) >= 11 is 7.64. The molecule has 0 atom stereocenters. The summed E-state index contributed by atoms with van der Waals surface area (Å²) in [6.07, 6.45) is 3.46. The van der Waals surface area contributed by atoms with Crippen LogP contribution >= 0.6 is 23.4 Å². The number of halogens is 1. The number of hydrogen-bond donors (Lipinski definition) is 0. The summed E-state index contributed by atoms with van der Waals surface area (Å²) < 4.78 is 1.86. The first-order valence-corrected chi connectivity index (χ1v) is 11.2. The molecule has 0 aliphatic carbocycles. The topological polar surface area (TPSA) is 67.2 Å². The Labute approximate surface area is 185 Å². The highest BCUT2D eigenvalue weighted by atomic mass is 35.5. The Balaban J connectivity index is 1.30. The van der Waals surface area contributed by atoms with E-state index < -0.39 is 0 Å². The number of aromatic nitrogens is 4. The van der Waals surface area contributed by atoms with Gasteiger partial charge in [0.1, 0.15) is 6.33 Å². The molecule has 1 aromatic carbocycles. The van der Waals surface area contributed by atoms with E-state index in [0.717, 1.165) is 49.7 Å². The predicted molar refractivity (Wildman–Crippen MR) is 118 cm³/mol. The Kier molecular flexibility index (Phi) is 6.66. The normalized spacial score (nSPS) is 14.8. The average Bonchev–Trinajstić information content (AvgIpc) is 3.24. The molecule has 2 aromatic heterocycles. The van der Waals surface area contributed by atoms with Crippen molar-refractivity contribution in [3.63, 3.8) is 0 Å². The maximum Gasteiger partial charge on any atom is 0.233 e. The van der Waals surface area contributed by atoms with Crippen LogP contribution in [0.1, 0.15) is 11.3 Å². The van der Waals surface area contributed by atoms with Crippen molar-refractivity contribution in [1.29, 1.82) is 0 Å². The summed E-state index contributed by atoms with van der Waals surface area (Å²) in [6, 6.07) is 11.8. The Morgan fingerprint density at radius 2 is 2.00 bits per heavy atom. The van der Waals surface area contributed by atoms with Crippen LogP contribution in [0.5, 0.6) is 0 Å². The van der Waals surface area contributed by atoms with Crippen molar-refractivity contribution in [3.05, 3.63) is 65.2 Å². The molecule has 156 valence electrons. The Morgan fingerprint density at radius 1 is 1.17 bits per heavy atom. The molecule has 0 radical (unpaired) electrons. The number of thioether (sulfide) groups is 1. The van der Waals surface area contributed by atoms with Gasteiger partial charge < -0.3 is 4.90 Å². The number of nitrogens with zero attached hydrogens (tertiary/aromatic N) is 6. The third-order valence-corrected chi connectivity index (χ3v) is 6.45. The van der Waals surface area contributed by atoms with Gasteiger partial charge in [0.2, 0.25) is 5.91 Å². The van der Waals surface area contributed by atoms with E-state index in [1.54, 1.807) is 6.33 Å². The second kappa shape index (κ2) is 9.59. The second-order valence-corrected chi connectivity index (χ2v) is 8.53. The lowest BCUT2D eigenvalue weighted by atomic mass is 10.2. The van der Waals surface area contributed by atoms with Crippen molar-refractivity contribution in [2.45, 2.75) is 18.6 Å². The van der Waals surface area contributed by atoms with Crippen LogP contribution in [0.3, 0.4) is 0 Å². The first-order chi connectivity index (χ1) is 14.6. The third-order valence-electron chi connectivity index (χ3n) is 5.11. The number of rotatable bonds is 6. The minimum atomic E-state index is 0.119. The molecule has 1 amide bonds. The molecule has 7 nitrogen and oxygen atoms in total. The number of amides is 1. The molecule has 0 bridgehead atoms. The molecule has 3 heterocycles. The highest BCUT2D eigenvalue weighted by Gasteiger charge is 2.22. The lowest BCUT2D eigenvalue weighted by Gasteiger charge is -2.34. The smallest absolute Gasteiger partial charge is 0.233 e. The Hall–Kier alpha value is -2.42. The van der Waals surface area contributed by atoms with Gasteiger partial charge in [-0.2, -0.15) is 0 Å². The van der Waals surface area contributed by atoms with Gasteiger partial charge in [-0.05, 0) is 36.8 Å². The zero-order valence-corrected chi connectivity index (χ0v) is 18.3. The molecule has 30 heavy (non-hydrogen) atoms. The number of hydrogen-bond acceptors (Lipinski definition) is 6. The monoisotopic (exact) mass is 442 g/mol. The molecule has 0 unspecified atom stereocenters. The van der Waals surface area contributed by atoms with Gasteiger partial charge in [-0.25, -0.2) is 0 Å². The number of carbonyl (C=O) groups excluding carboxylic acids is 1. The SMILES string of the molecule is Cc1ccc(-n2cnnc2SCC(=O)N2CCN(Cc3ccccn3)CC2)cc1Cl. The summed E-state index contributed by atoms with van der Waals surface area (Å²) in [4.78, 5) is 21.3. The summed E-state index contributed by atoms with van der Waals surface area (Å²) in [7, 11) is 0. The lowest BCUT2D eigenvalue weighted by Crippen LogP contribution is -2.48. The first kappa shape index (κ1) is 20.8. The van der Waals surface area contributed by atoms with Gasteiger partial charge in [0, 0.05) is 43.9 Å². The third kappa shape index (κ3) is 5.00. The fraction of sp³-hybridized carbons (Fsp3) is 0.333. The molecule has 1 aliphatic heterocycles. The van der Waals surface area contributed by atoms with Gasteiger partial charge in [0.25, 0.3) is 0 Å². The minimum absolute atomic E-state index is 0.119. The minimum Gasteiger partial charge on any atom is -0.339 e. The van der Waals surface area contributed by atoms with E-state index >= 15 is 0 Å². The van der Waals surface area contributed by atoms with Gasteiger partial charge in [-0.3, -0.25) is 19.2 Å². The van der Waals surface area contributed by atoms with E-state index in [4.69, 9.17) is 11.6 Å². The van der Waals surface area contributed by atoms with Crippen molar-refractivity contribution in [1.82, 2.24) is 29.5 Å². The molecular weight excluding hydrogens is 420 g/mol. The largest absolute Gasteiger partial charge is 0.339 e. The van der Waals surface area contributed by atoms with Crippen molar-refractivity contribution in [2.75, 3.05) is 31.9 Å². The zero-order valence-electron chi connectivity index (χ0n) is 16.7. The maximum atomic E-state index is 12.7. The van der Waals surface area contributed by atoms with Crippen LogP contribution in [0.25, 0.3) is 5.69 Å². The van der Waals surface area contributed by atoms with Crippen molar-refractivity contribution >= 4 is 29.3 Å². The van der Waals surface area contributed by atoms with Crippen LogP contribution in [0, 0.1) is 6.92 Å². The van der Waals surface area contributed by atoms with Crippen molar-refractivity contribution in [3.8, 4) is 5.69 Å². The molecule has 4 rings (SSSR count). The lowest BCUT2D eigenvalue weighted by molar-refractivity contribution is -0.130. The zero-order chi connectivity index (χ0) is 20.9. The molecule has 1 aliphatic rings. The maximum absolute atomic E-state index is 12.7. The number of aryl methyl sites for hydroxylation is 1. The highest BCUT2D eigenvalue weighted by molar-refractivity contribution is 7.99. The fourth-order valence-corrected chi connectivity index (χ4v) is 4.33. The van der Waals surface area contributed by atoms with E-state index in [0.29, 0.717) is 15.9 Å². The number of benzene rings is 1. The molecule has 9 heteroatoms. The summed E-state index contributed by atoms with van der Waals surface area (Å²) in [5.41, 5.74) is 2.96. The quantitative estimate of drug-likeness (QED) is 0.546. The van der Waals surface area contributed by atoms with Gasteiger partial charge in [-0.15, -0.1) is 10.2 Å². The van der Waals surface area contributed by atoms with Gasteiger partial charge in [0.05, 0.1) is 17.1 Å². The van der Waals surface area contributed by atoms with Crippen LogP contribution in [0.15, 0.2) is 54.1 Å². The molecule has 0 saturated carbocycles. The first-order valence-electron chi connectivity index (χ1n) is 9.79. The van der Waals surface area contributed by atoms with Gasteiger partial charge in [-0.1, -0.05) is 35.5 Å². The number of pyridine rings is 1. The average molecular weight is 443 g/mol. The molecule has 3 aromatic rings. The van der Waals surface area contributed by atoms with E-state index in [-0.39, 0.29) is 5.91 Å². The molecule has 1 saturated heterocycles. The van der Waals surface area contributed by atoms with Crippen LogP contribution in [0.2, 0.25) is 5.02 Å². The van der Waals surface area contributed by atoms with Crippen LogP contribution in [-0.4, -0.2) is 67.4 Å². The van der Waals surface area contributed by atoms with Crippen LogP contribution < -0.4 is 0 Å². The van der Waals surface area contributed by atoms with Crippen molar-refractivity contribution < 1.29 is 4.79 Å². The number of carbonyl (C=O) groups is 1. The molecule has 0 N–H and O–H groups in total. The summed E-state index contributed by atoms with van der Waals surface area (Å²) in [6.45, 7) is 5.94. The van der Waals surface area contributed by atoms with Crippen LogP contribution in [-0.2, 0) is 11.3 Å². The van der Waals surface area contributed by atoms with Gasteiger partial charge in [0.15, 0.2) is 5.16 Å². The molecule has 1 fully saturated rings. The van der Waals surface area contributed by atoms with E-state index in [2.05, 4.69) is 20.1 Å². The predicted octanol–water partition coefficient (Wildman–Crippen LogP) is 3.06. The van der Waals surface area contributed by atoms with E-state index in [1.807, 2.05) is 59.0 Å². The summed E-state index contributed by atoms with van der Waals surface area (Å²) in [5.74, 6) is 0.451. The Morgan fingerprint density at radius 3 is 2.73 bits per heavy atom. The summed E-state index contributed by atoms with van der Waals surface area (Å²) in [5, 5.41) is 9.54. The highest BCUT2D eigenvalue weighted by Crippen LogP contribution is 2.24. The van der Waals surface area contributed by atoms with E-state index in [9.17, 15) is 4.79 Å². The van der Waals surface area contributed by atoms with Crippen molar-refractivity contribution in [2.24, 2.45) is 0 Å². The van der Waals surface area contributed by atoms with Gasteiger partial charge >= 0.3 is 0 Å².